The lowest BCUT2D eigenvalue weighted by molar-refractivity contribution is 0.265. The second-order valence-electron chi connectivity index (χ2n) is 7.24. The van der Waals surface area contributed by atoms with Crippen molar-refractivity contribution >= 4 is 28.6 Å². The Morgan fingerprint density at radius 3 is 2.83 bits per heavy atom. The van der Waals surface area contributed by atoms with Crippen LogP contribution in [0.3, 0.4) is 0 Å². The fourth-order valence-corrected chi connectivity index (χ4v) is 4.14. The van der Waals surface area contributed by atoms with Gasteiger partial charge in [0.1, 0.15) is 11.4 Å². The molecule has 0 bridgehead atoms. The van der Waals surface area contributed by atoms with E-state index in [4.69, 9.17) is 21.3 Å². The molecule has 4 rings (SSSR count). The average Bonchev–Trinajstić information content (AvgIpc) is 3.19. The van der Waals surface area contributed by atoms with E-state index in [1.165, 1.54) is 6.07 Å². The van der Waals surface area contributed by atoms with Crippen LogP contribution in [0.4, 0.5) is 5.95 Å². The van der Waals surface area contributed by atoms with Crippen molar-refractivity contribution in [3.05, 3.63) is 57.0 Å². The molecule has 0 aliphatic carbocycles. The highest BCUT2D eigenvalue weighted by atomic mass is 35.5. The standard InChI is InChI=1S/C21H23ClN4O3/c1-13-16-6-8-19(28)26(11-14-5-7-18(29-2)17(22)10-14)20(16)24-21(23-13)25-9-3-4-15(25)12-27/h5-8,10,15,27H,3-4,9,11-12H2,1-2H3/t15-/m0/s1. The number of ether oxygens (including phenoxy) is 1. The van der Waals surface area contributed by atoms with Gasteiger partial charge in [0.05, 0.1) is 37.0 Å². The van der Waals surface area contributed by atoms with E-state index in [2.05, 4.69) is 4.98 Å². The second-order valence-corrected chi connectivity index (χ2v) is 7.65. The first-order chi connectivity index (χ1) is 14.0. The van der Waals surface area contributed by atoms with Crippen molar-refractivity contribution in [2.45, 2.75) is 32.4 Å². The smallest absolute Gasteiger partial charge is 0.252 e. The second kappa shape index (κ2) is 8.00. The molecule has 1 aliphatic rings. The molecule has 0 unspecified atom stereocenters. The molecule has 1 fully saturated rings. The number of aryl methyl sites for hydroxylation is 1. The number of aliphatic hydroxyl groups excluding tert-OH is 1. The lowest BCUT2D eigenvalue weighted by Crippen LogP contribution is -2.34. The predicted octanol–water partition coefficient (Wildman–Crippen LogP) is 2.77. The van der Waals surface area contributed by atoms with E-state index < -0.39 is 0 Å². The summed E-state index contributed by atoms with van der Waals surface area (Å²) in [6, 6.07) is 8.78. The number of fused-ring (bicyclic) bond motifs is 1. The monoisotopic (exact) mass is 414 g/mol. The van der Waals surface area contributed by atoms with Crippen LogP contribution in [0.2, 0.25) is 5.02 Å². The van der Waals surface area contributed by atoms with Crippen molar-refractivity contribution in [2.75, 3.05) is 25.2 Å². The van der Waals surface area contributed by atoms with Crippen LogP contribution >= 0.6 is 11.6 Å². The normalized spacial score (nSPS) is 16.6. The van der Waals surface area contributed by atoms with Gasteiger partial charge in [0.25, 0.3) is 5.56 Å². The Morgan fingerprint density at radius 1 is 1.28 bits per heavy atom. The van der Waals surface area contributed by atoms with Gasteiger partial charge in [0.15, 0.2) is 0 Å². The molecular weight excluding hydrogens is 392 g/mol. The zero-order chi connectivity index (χ0) is 20.5. The molecule has 2 aromatic heterocycles. The average molecular weight is 415 g/mol. The molecule has 8 heteroatoms. The molecular formula is C21H23ClN4O3. The number of nitrogens with zero attached hydrogens (tertiary/aromatic N) is 4. The van der Waals surface area contributed by atoms with E-state index in [0.29, 0.717) is 28.9 Å². The molecule has 1 aromatic carbocycles. The van der Waals surface area contributed by atoms with Gasteiger partial charge >= 0.3 is 0 Å². The van der Waals surface area contributed by atoms with E-state index in [0.717, 1.165) is 36.0 Å². The van der Waals surface area contributed by atoms with Crippen LogP contribution in [0.1, 0.15) is 24.1 Å². The summed E-state index contributed by atoms with van der Waals surface area (Å²) in [6.07, 6.45) is 1.89. The van der Waals surface area contributed by atoms with E-state index >= 15 is 0 Å². The molecule has 1 N–H and O–H groups in total. The molecule has 1 atom stereocenters. The molecule has 152 valence electrons. The first kappa shape index (κ1) is 19.7. The summed E-state index contributed by atoms with van der Waals surface area (Å²) in [7, 11) is 1.56. The van der Waals surface area contributed by atoms with E-state index in [1.54, 1.807) is 29.9 Å². The number of benzene rings is 1. The number of rotatable bonds is 5. The van der Waals surface area contributed by atoms with Crippen molar-refractivity contribution in [1.29, 1.82) is 0 Å². The van der Waals surface area contributed by atoms with Gasteiger partial charge in [0.2, 0.25) is 5.95 Å². The number of aromatic nitrogens is 3. The molecule has 0 radical (unpaired) electrons. The molecule has 1 saturated heterocycles. The highest BCUT2D eigenvalue weighted by Crippen LogP contribution is 2.27. The number of anilines is 1. The van der Waals surface area contributed by atoms with Gasteiger partial charge in [-0.15, -0.1) is 0 Å². The lowest BCUT2D eigenvalue weighted by Gasteiger charge is -2.24. The first-order valence-corrected chi connectivity index (χ1v) is 9.97. The molecule has 0 saturated carbocycles. The third kappa shape index (κ3) is 3.68. The van der Waals surface area contributed by atoms with Crippen LogP contribution in [0.25, 0.3) is 11.0 Å². The van der Waals surface area contributed by atoms with Crippen molar-refractivity contribution in [3.63, 3.8) is 0 Å². The maximum absolute atomic E-state index is 12.7. The minimum Gasteiger partial charge on any atom is -0.495 e. The topological polar surface area (TPSA) is 80.5 Å². The van der Waals surface area contributed by atoms with Crippen molar-refractivity contribution in [1.82, 2.24) is 14.5 Å². The summed E-state index contributed by atoms with van der Waals surface area (Å²) in [4.78, 5) is 24.1. The molecule has 7 nitrogen and oxygen atoms in total. The quantitative estimate of drug-likeness (QED) is 0.691. The van der Waals surface area contributed by atoms with Gasteiger partial charge in [0, 0.05) is 18.0 Å². The fraction of sp³-hybridized carbons (Fsp3) is 0.381. The van der Waals surface area contributed by atoms with Gasteiger partial charge in [-0.05, 0) is 43.5 Å². The number of hydrogen-bond acceptors (Lipinski definition) is 6. The number of halogens is 1. The number of hydrogen-bond donors (Lipinski definition) is 1. The van der Waals surface area contributed by atoms with Crippen LogP contribution in [0.15, 0.2) is 35.1 Å². The third-order valence-electron chi connectivity index (χ3n) is 5.42. The van der Waals surface area contributed by atoms with Crippen LogP contribution < -0.4 is 15.2 Å². The highest BCUT2D eigenvalue weighted by molar-refractivity contribution is 6.32. The molecule has 3 aromatic rings. The SMILES string of the molecule is COc1ccc(Cn2c(=O)ccc3c(C)nc(N4CCC[C@H]4CO)nc32)cc1Cl. The Balaban J connectivity index is 1.82. The summed E-state index contributed by atoms with van der Waals surface area (Å²) in [6.45, 7) is 3.10. The maximum atomic E-state index is 12.7. The molecule has 0 amide bonds. The van der Waals surface area contributed by atoms with Crippen LogP contribution in [0, 0.1) is 6.92 Å². The van der Waals surface area contributed by atoms with Crippen LogP contribution in [-0.2, 0) is 6.54 Å². The van der Waals surface area contributed by atoms with Gasteiger partial charge in [-0.25, -0.2) is 4.98 Å². The molecule has 29 heavy (non-hydrogen) atoms. The summed E-state index contributed by atoms with van der Waals surface area (Å²) >= 11 is 6.25. The summed E-state index contributed by atoms with van der Waals surface area (Å²) < 4.78 is 6.84. The van der Waals surface area contributed by atoms with Crippen molar-refractivity contribution in [3.8, 4) is 5.75 Å². The minimum absolute atomic E-state index is 0.0103. The molecule has 3 heterocycles. The Morgan fingerprint density at radius 2 is 2.10 bits per heavy atom. The summed E-state index contributed by atoms with van der Waals surface area (Å²) in [5, 5.41) is 11.0. The zero-order valence-corrected chi connectivity index (χ0v) is 17.2. The summed E-state index contributed by atoms with van der Waals surface area (Å²) in [5.41, 5.74) is 2.11. The van der Waals surface area contributed by atoms with E-state index in [1.807, 2.05) is 17.9 Å². The van der Waals surface area contributed by atoms with E-state index in [9.17, 15) is 9.90 Å². The predicted molar refractivity (Wildman–Crippen MR) is 113 cm³/mol. The van der Waals surface area contributed by atoms with Crippen molar-refractivity contribution < 1.29 is 9.84 Å². The van der Waals surface area contributed by atoms with Crippen molar-refractivity contribution in [2.24, 2.45) is 0 Å². The van der Waals surface area contributed by atoms with E-state index in [-0.39, 0.29) is 18.2 Å². The number of methoxy groups -OCH3 is 1. The zero-order valence-electron chi connectivity index (χ0n) is 16.4. The first-order valence-electron chi connectivity index (χ1n) is 9.60. The van der Waals surface area contributed by atoms with Crippen LogP contribution in [-0.4, -0.2) is 45.9 Å². The Bertz CT molecular complexity index is 1120. The molecule has 1 aliphatic heterocycles. The maximum Gasteiger partial charge on any atom is 0.252 e. The van der Waals surface area contributed by atoms with Gasteiger partial charge in [-0.2, -0.15) is 4.98 Å². The minimum atomic E-state index is -0.145. The van der Waals surface area contributed by atoms with Crippen LogP contribution in [0.5, 0.6) is 5.75 Å². The number of pyridine rings is 1. The Hall–Kier alpha value is -2.64. The van der Waals surface area contributed by atoms with Gasteiger partial charge in [-0.3, -0.25) is 9.36 Å². The summed E-state index contributed by atoms with van der Waals surface area (Å²) in [5.74, 6) is 1.14. The fourth-order valence-electron chi connectivity index (χ4n) is 3.86. The molecule has 0 spiro atoms. The highest BCUT2D eigenvalue weighted by Gasteiger charge is 2.27. The Kier molecular flexibility index (Phi) is 5.43. The lowest BCUT2D eigenvalue weighted by atomic mass is 10.2. The largest absolute Gasteiger partial charge is 0.495 e. The Labute approximate surface area is 173 Å². The van der Waals surface area contributed by atoms with Gasteiger partial charge < -0.3 is 14.7 Å². The van der Waals surface area contributed by atoms with Gasteiger partial charge in [-0.1, -0.05) is 17.7 Å². The third-order valence-corrected chi connectivity index (χ3v) is 5.72. The number of aliphatic hydroxyl groups is 1.